The molecule has 6 heteroatoms. The van der Waals surface area contributed by atoms with Gasteiger partial charge in [0, 0.05) is 18.4 Å². The average molecular weight is 461 g/mol. The van der Waals surface area contributed by atoms with Gasteiger partial charge in [0.2, 0.25) is 0 Å². The molecule has 0 bridgehead atoms. The van der Waals surface area contributed by atoms with Crippen molar-refractivity contribution in [2.45, 2.75) is 78.7 Å². The molecule has 0 amide bonds. The Balaban J connectivity index is 1.69. The molecule has 2 aromatic rings. The number of aromatic hydroxyl groups is 1. The van der Waals surface area contributed by atoms with E-state index in [9.17, 15) is 9.90 Å². The van der Waals surface area contributed by atoms with E-state index in [-0.39, 0.29) is 11.7 Å². The van der Waals surface area contributed by atoms with E-state index in [2.05, 4.69) is 6.92 Å². The van der Waals surface area contributed by atoms with E-state index in [4.69, 9.17) is 25.8 Å². The van der Waals surface area contributed by atoms with Crippen molar-refractivity contribution in [3.63, 3.8) is 0 Å². The highest BCUT2D eigenvalue weighted by Gasteiger charge is 2.34. The molecule has 1 heterocycles. The Kier molecular flexibility index (Phi) is 7.60. The summed E-state index contributed by atoms with van der Waals surface area (Å²) < 4.78 is 18.0. The van der Waals surface area contributed by atoms with Crippen molar-refractivity contribution in [3.8, 4) is 23.0 Å². The minimum atomic E-state index is -0.399. The molecular formula is C26H33ClO5. The normalized spacial score (nSPS) is 17.4. The van der Waals surface area contributed by atoms with Crippen LogP contribution in [0.1, 0.15) is 68.2 Å². The summed E-state index contributed by atoms with van der Waals surface area (Å²) in [5.74, 6) is 1.65. The third-order valence-electron chi connectivity index (χ3n) is 6.36. The summed E-state index contributed by atoms with van der Waals surface area (Å²) in [5.41, 5.74) is 3.42. The lowest BCUT2D eigenvalue weighted by molar-refractivity contribution is -0.134. The number of rotatable bonds is 8. The molecule has 1 aliphatic heterocycles. The van der Waals surface area contributed by atoms with Crippen LogP contribution in [-0.2, 0) is 11.2 Å². The van der Waals surface area contributed by atoms with Crippen LogP contribution in [0.2, 0.25) is 5.02 Å². The largest absolute Gasteiger partial charge is 0.507 e. The van der Waals surface area contributed by atoms with Crippen molar-refractivity contribution in [3.05, 3.63) is 45.5 Å². The van der Waals surface area contributed by atoms with Gasteiger partial charge in [-0.1, -0.05) is 31.0 Å². The topological polar surface area (TPSA) is 65.0 Å². The van der Waals surface area contributed by atoms with Gasteiger partial charge in [0.25, 0.3) is 0 Å². The second kappa shape index (κ2) is 10.0. The molecule has 174 valence electrons. The van der Waals surface area contributed by atoms with Gasteiger partial charge in [0.05, 0.1) is 11.6 Å². The van der Waals surface area contributed by atoms with Crippen LogP contribution in [0.3, 0.4) is 0 Å². The first-order valence-corrected chi connectivity index (χ1v) is 11.7. The fourth-order valence-corrected chi connectivity index (χ4v) is 4.24. The Morgan fingerprint density at radius 3 is 2.69 bits per heavy atom. The molecule has 0 aromatic heterocycles. The van der Waals surface area contributed by atoms with Gasteiger partial charge in [0.15, 0.2) is 11.5 Å². The highest BCUT2D eigenvalue weighted by molar-refractivity contribution is 6.32. The highest BCUT2D eigenvalue weighted by atomic mass is 35.5. The molecular weight excluding hydrogens is 428 g/mol. The highest BCUT2D eigenvalue weighted by Crippen LogP contribution is 2.44. The van der Waals surface area contributed by atoms with Gasteiger partial charge in [-0.05, 0) is 75.8 Å². The Hall–Kier alpha value is -2.40. The van der Waals surface area contributed by atoms with Gasteiger partial charge < -0.3 is 19.3 Å². The number of hydrogen-bond acceptors (Lipinski definition) is 5. The van der Waals surface area contributed by atoms with E-state index in [0.29, 0.717) is 36.0 Å². The molecule has 0 aliphatic carbocycles. The van der Waals surface area contributed by atoms with E-state index in [1.807, 2.05) is 27.7 Å². The number of carbonyl (C=O) groups is 1. The summed E-state index contributed by atoms with van der Waals surface area (Å²) in [6.45, 7) is 10.3. The second-order valence-electron chi connectivity index (χ2n) is 8.83. The molecule has 1 unspecified atom stereocenters. The van der Waals surface area contributed by atoms with E-state index in [0.717, 1.165) is 53.7 Å². The van der Waals surface area contributed by atoms with Crippen molar-refractivity contribution in [1.29, 1.82) is 0 Å². The molecule has 1 atom stereocenters. The number of unbranched alkanes of at least 4 members (excludes halogenated alkanes) is 1. The predicted molar refractivity (Wildman–Crippen MR) is 126 cm³/mol. The fraction of sp³-hybridized carbons (Fsp3) is 0.500. The lowest BCUT2D eigenvalue weighted by Gasteiger charge is -2.38. The van der Waals surface area contributed by atoms with Gasteiger partial charge in [-0.2, -0.15) is 0 Å². The minimum Gasteiger partial charge on any atom is -0.507 e. The SMILES string of the molecule is CCCCC(=O)Oc1c(Cl)cccc1OCCC1(C)CCc2c(C)c(O)c(C)c(C)c2O1. The van der Waals surface area contributed by atoms with Crippen LogP contribution in [0, 0.1) is 20.8 Å². The molecule has 0 saturated heterocycles. The van der Waals surface area contributed by atoms with Gasteiger partial charge in [-0.15, -0.1) is 0 Å². The van der Waals surface area contributed by atoms with E-state index < -0.39 is 5.60 Å². The number of hydrogen-bond donors (Lipinski definition) is 1. The number of benzene rings is 2. The zero-order valence-electron chi connectivity index (χ0n) is 19.6. The minimum absolute atomic E-state index is 0.271. The summed E-state index contributed by atoms with van der Waals surface area (Å²) in [6, 6.07) is 5.22. The van der Waals surface area contributed by atoms with Crippen LogP contribution >= 0.6 is 11.6 Å². The number of phenols is 1. The van der Waals surface area contributed by atoms with E-state index in [1.165, 1.54) is 0 Å². The van der Waals surface area contributed by atoms with Gasteiger partial charge in [0.1, 0.15) is 17.1 Å². The third-order valence-corrected chi connectivity index (χ3v) is 6.66. The zero-order chi connectivity index (χ0) is 23.5. The van der Waals surface area contributed by atoms with Crippen LogP contribution in [0.5, 0.6) is 23.0 Å². The number of esters is 1. The molecule has 3 rings (SSSR count). The fourth-order valence-electron chi connectivity index (χ4n) is 4.04. The zero-order valence-corrected chi connectivity index (χ0v) is 20.4. The number of halogens is 1. The summed E-state index contributed by atoms with van der Waals surface area (Å²) in [4.78, 5) is 12.1. The van der Waals surface area contributed by atoms with Crippen molar-refractivity contribution in [2.24, 2.45) is 0 Å². The van der Waals surface area contributed by atoms with Crippen LogP contribution in [-0.4, -0.2) is 23.3 Å². The van der Waals surface area contributed by atoms with Gasteiger partial charge in [-0.25, -0.2) is 0 Å². The first-order valence-electron chi connectivity index (χ1n) is 11.3. The molecule has 0 radical (unpaired) electrons. The Labute approximate surface area is 195 Å². The number of para-hydroxylation sites is 1. The van der Waals surface area contributed by atoms with Crippen LogP contribution in [0.4, 0.5) is 0 Å². The maximum atomic E-state index is 12.1. The maximum Gasteiger partial charge on any atom is 0.311 e. The molecule has 5 nitrogen and oxygen atoms in total. The average Bonchev–Trinajstić information content (AvgIpc) is 2.77. The summed E-state index contributed by atoms with van der Waals surface area (Å²) in [6.07, 6.45) is 4.35. The number of fused-ring (bicyclic) bond motifs is 1. The Morgan fingerprint density at radius 1 is 1.22 bits per heavy atom. The first kappa shape index (κ1) is 24.2. The van der Waals surface area contributed by atoms with E-state index in [1.54, 1.807) is 18.2 Å². The smallest absolute Gasteiger partial charge is 0.311 e. The number of ether oxygens (including phenoxy) is 3. The number of carbonyl (C=O) groups excluding carboxylic acids is 1. The summed E-state index contributed by atoms with van der Waals surface area (Å²) in [5, 5.41) is 10.7. The van der Waals surface area contributed by atoms with Gasteiger partial charge >= 0.3 is 5.97 Å². The maximum absolute atomic E-state index is 12.1. The molecule has 0 spiro atoms. The molecule has 1 N–H and O–H groups in total. The van der Waals surface area contributed by atoms with Crippen molar-refractivity contribution in [1.82, 2.24) is 0 Å². The number of phenolic OH excluding ortho intramolecular Hbond substituents is 1. The van der Waals surface area contributed by atoms with Crippen LogP contribution in [0.15, 0.2) is 18.2 Å². The second-order valence-corrected chi connectivity index (χ2v) is 9.23. The molecule has 32 heavy (non-hydrogen) atoms. The molecule has 2 aromatic carbocycles. The van der Waals surface area contributed by atoms with Gasteiger partial charge in [-0.3, -0.25) is 4.79 Å². The Bertz CT molecular complexity index is 1000. The van der Waals surface area contributed by atoms with E-state index >= 15 is 0 Å². The first-order chi connectivity index (χ1) is 15.2. The predicted octanol–water partition coefficient (Wildman–Crippen LogP) is 6.62. The monoisotopic (exact) mass is 460 g/mol. The Morgan fingerprint density at radius 2 is 1.97 bits per heavy atom. The van der Waals surface area contributed by atoms with Crippen LogP contribution < -0.4 is 14.2 Å². The third kappa shape index (κ3) is 5.15. The molecule has 1 aliphatic rings. The summed E-state index contributed by atoms with van der Waals surface area (Å²) >= 11 is 6.28. The quantitative estimate of drug-likeness (QED) is 0.354. The van der Waals surface area contributed by atoms with Crippen LogP contribution in [0.25, 0.3) is 0 Å². The standard InChI is InChI=1S/C26H33ClO5/c1-6-7-11-22(28)31-25-20(27)9-8-10-21(25)30-15-14-26(5)13-12-19-18(4)23(29)16(2)17(3)24(19)32-26/h8-10,29H,6-7,11-15H2,1-5H3. The van der Waals surface area contributed by atoms with Crippen molar-refractivity contribution >= 4 is 17.6 Å². The lowest BCUT2D eigenvalue weighted by Crippen LogP contribution is -2.38. The van der Waals surface area contributed by atoms with Crippen molar-refractivity contribution < 1.29 is 24.1 Å². The lowest BCUT2D eigenvalue weighted by atomic mass is 9.86. The van der Waals surface area contributed by atoms with Crippen molar-refractivity contribution in [2.75, 3.05) is 6.61 Å². The summed E-state index contributed by atoms with van der Waals surface area (Å²) in [7, 11) is 0. The molecule has 0 fully saturated rings. The molecule has 0 saturated carbocycles.